The van der Waals surface area contributed by atoms with Gasteiger partial charge in [0, 0.05) is 17.9 Å². The van der Waals surface area contributed by atoms with Gasteiger partial charge in [0.25, 0.3) is 0 Å². The zero-order valence-corrected chi connectivity index (χ0v) is 20.2. The molecule has 0 unspecified atom stereocenters. The van der Waals surface area contributed by atoms with Gasteiger partial charge in [0.2, 0.25) is 0 Å². The maximum Gasteiger partial charge on any atom is 0.498 e. The fourth-order valence-corrected chi connectivity index (χ4v) is 4.01. The summed E-state index contributed by atoms with van der Waals surface area (Å²) in [6.45, 7) is 19.4. The molecule has 1 amide bonds. The Morgan fingerprint density at radius 3 is 2.31 bits per heavy atom. The molecule has 0 saturated carbocycles. The maximum absolute atomic E-state index is 11.1. The summed E-state index contributed by atoms with van der Waals surface area (Å²) in [7, 11) is -2.55. The lowest BCUT2D eigenvalue weighted by Gasteiger charge is -2.39. The van der Waals surface area contributed by atoms with E-state index in [4.69, 9.17) is 24.2 Å². The van der Waals surface area contributed by atoms with Gasteiger partial charge >= 0.3 is 13.2 Å². The zero-order valence-electron chi connectivity index (χ0n) is 19.2. The van der Waals surface area contributed by atoms with E-state index in [1.54, 1.807) is 10.9 Å². The predicted octanol–water partition coefficient (Wildman–Crippen LogP) is 2.67. The Hall–Kier alpha value is -1.36. The van der Waals surface area contributed by atoms with Crippen molar-refractivity contribution in [2.75, 3.05) is 6.61 Å². The van der Waals surface area contributed by atoms with Crippen LogP contribution in [0, 0.1) is 0 Å². The maximum atomic E-state index is 11.1. The number of hydrogen-bond acceptors (Lipinski definition) is 6. The number of rotatable bonds is 7. The number of hydrogen-bond donors (Lipinski definition) is 1. The number of amides is 1. The van der Waals surface area contributed by atoms with E-state index < -0.39 is 32.7 Å². The molecule has 2 N–H and O–H groups in total. The third-order valence-electron chi connectivity index (χ3n) is 6.25. The number of aromatic nitrogens is 2. The first-order chi connectivity index (χ1) is 13.0. The Balaban J connectivity index is 2.13. The molecule has 1 fully saturated rings. The monoisotopic (exact) mass is 425 g/mol. The van der Waals surface area contributed by atoms with Crippen LogP contribution in [0.1, 0.15) is 48.5 Å². The minimum Gasteiger partial charge on any atom is -0.447 e. The van der Waals surface area contributed by atoms with Crippen molar-refractivity contribution in [1.29, 1.82) is 0 Å². The fraction of sp³-hybridized carbons (Fsp3) is 0.789. The normalized spacial score (nSPS) is 20.0. The fourth-order valence-electron chi connectivity index (χ4n) is 2.68. The average molecular weight is 425 g/mol. The molecule has 0 radical (unpaired) electrons. The van der Waals surface area contributed by atoms with E-state index in [0.717, 1.165) is 5.46 Å². The van der Waals surface area contributed by atoms with Crippen molar-refractivity contribution in [1.82, 2.24) is 9.78 Å². The van der Waals surface area contributed by atoms with Crippen molar-refractivity contribution >= 4 is 27.0 Å². The summed E-state index contributed by atoms with van der Waals surface area (Å²) >= 11 is 0. The second-order valence-corrected chi connectivity index (χ2v) is 15.0. The van der Waals surface area contributed by atoms with Crippen LogP contribution in [-0.2, 0) is 25.0 Å². The Kier molecular flexibility index (Phi) is 6.64. The van der Waals surface area contributed by atoms with Crippen LogP contribution < -0.4 is 11.2 Å². The summed E-state index contributed by atoms with van der Waals surface area (Å²) in [5.74, 6) is 0. The minimum atomic E-state index is -2.07. The lowest BCUT2D eigenvalue weighted by molar-refractivity contribution is 0.00578. The van der Waals surface area contributed by atoms with Gasteiger partial charge in [-0.15, -0.1) is 0 Å². The number of carbonyl (C=O) groups excluding carboxylic acids is 1. The summed E-state index contributed by atoms with van der Waals surface area (Å²) < 4.78 is 25.4. The Morgan fingerprint density at radius 2 is 1.83 bits per heavy atom. The van der Waals surface area contributed by atoms with Crippen LogP contribution in [0.2, 0.25) is 18.1 Å². The molecule has 0 spiro atoms. The molecule has 2 heterocycles. The number of carbonyl (C=O) groups is 1. The molecule has 10 heteroatoms. The standard InChI is InChI=1S/C19H36BN3O5Si/c1-17(2,3)29(8,9)26-15(13-25-16(21)24)12-23-11-14(10-22-23)20-27-18(4,5)19(6,7)28-20/h10-11,15H,12-13H2,1-9H3,(H2,21,24)/t15-/m0/s1. The highest BCUT2D eigenvalue weighted by molar-refractivity contribution is 6.74. The molecule has 0 aromatic carbocycles. The van der Waals surface area contributed by atoms with Crippen LogP contribution in [0.5, 0.6) is 0 Å². The molecule has 1 aromatic heterocycles. The largest absolute Gasteiger partial charge is 0.498 e. The number of ether oxygens (including phenoxy) is 1. The predicted molar refractivity (Wildman–Crippen MR) is 116 cm³/mol. The van der Waals surface area contributed by atoms with E-state index in [2.05, 4.69) is 39.0 Å². The molecule has 1 atom stereocenters. The van der Waals surface area contributed by atoms with Gasteiger partial charge in [0.05, 0.1) is 23.9 Å². The van der Waals surface area contributed by atoms with E-state index >= 15 is 0 Å². The first-order valence-corrected chi connectivity index (χ1v) is 12.9. The topological polar surface area (TPSA) is 97.8 Å². The first kappa shape index (κ1) is 23.9. The third kappa shape index (κ3) is 5.62. The molecule has 1 aliphatic rings. The van der Waals surface area contributed by atoms with Gasteiger partial charge in [-0.05, 0) is 45.8 Å². The van der Waals surface area contributed by atoms with Gasteiger partial charge < -0.3 is 24.2 Å². The molecule has 8 nitrogen and oxygen atoms in total. The van der Waals surface area contributed by atoms with Crippen molar-refractivity contribution in [2.24, 2.45) is 5.73 Å². The Morgan fingerprint density at radius 1 is 1.28 bits per heavy atom. The number of nitrogens with two attached hydrogens (primary N) is 1. The van der Waals surface area contributed by atoms with Crippen LogP contribution in [0.3, 0.4) is 0 Å². The van der Waals surface area contributed by atoms with Gasteiger partial charge in [0.15, 0.2) is 8.32 Å². The molecule has 1 saturated heterocycles. The Labute approximate surface area is 175 Å². The van der Waals surface area contributed by atoms with Crippen LogP contribution in [0.4, 0.5) is 4.79 Å². The summed E-state index contributed by atoms with van der Waals surface area (Å²) in [6.07, 6.45) is 2.45. The summed E-state index contributed by atoms with van der Waals surface area (Å²) in [6, 6.07) is 0. The SMILES string of the molecule is CC1(C)OB(c2cnn(C[C@@H](COC(N)=O)O[Si](C)(C)C(C)(C)C)c2)OC1(C)C. The Bertz CT molecular complexity index is 714. The van der Waals surface area contributed by atoms with Crippen LogP contribution in [0.15, 0.2) is 12.4 Å². The van der Waals surface area contributed by atoms with E-state index in [9.17, 15) is 4.79 Å². The van der Waals surface area contributed by atoms with E-state index in [-0.39, 0.29) is 17.7 Å². The highest BCUT2D eigenvalue weighted by atomic mass is 28.4. The molecule has 164 valence electrons. The first-order valence-electron chi connectivity index (χ1n) is 10.0. The summed E-state index contributed by atoms with van der Waals surface area (Å²) in [4.78, 5) is 11.1. The van der Waals surface area contributed by atoms with Gasteiger partial charge in [-0.25, -0.2) is 4.79 Å². The molecule has 29 heavy (non-hydrogen) atoms. The van der Waals surface area contributed by atoms with Crippen molar-refractivity contribution < 1.29 is 23.3 Å². The molecule has 0 bridgehead atoms. The zero-order chi connectivity index (χ0) is 22.3. The molecule has 0 aliphatic carbocycles. The third-order valence-corrected chi connectivity index (χ3v) is 10.8. The van der Waals surface area contributed by atoms with E-state index in [1.807, 2.05) is 33.9 Å². The van der Waals surface area contributed by atoms with Gasteiger partial charge in [-0.1, -0.05) is 20.8 Å². The molecular weight excluding hydrogens is 389 g/mol. The van der Waals surface area contributed by atoms with Crippen molar-refractivity contribution in [3.8, 4) is 0 Å². The molecule has 2 rings (SSSR count). The lowest BCUT2D eigenvalue weighted by atomic mass is 9.82. The van der Waals surface area contributed by atoms with Gasteiger partial charge in [0.1, 0.15) is 6.61 Å². The van der Waals surface area contributed by atoms with Crippen LogP contribution >= 0.6 is 0 Å². The molecular formula is C19H36BN3O5Si. The molecule has 1 aromatic rings. The van der Waals surface area contributed by atoms with Crippen molar-refractivity contribution in [3.05, 3.63) is 12.4 Å². The van der Waals surface area contributed by atoms with Crippen molar-refractivity contribution in [2.45, 2.75) is 90.4 Å². The van der Waals surface area contributed by atoms with Gasteiger partial charge in [-0.2, -0.15) is 5.10 Å². The minimum absolute atomic E-state index is 0.0238. The summed E-state index contributed by atoms with van der Waals surface area (Å²) in [5, 5.41) is 4.46. The average Bonchev–Trinajstić information content (AvgIpc) is 3.06. The lowest BCUT2D eigenvalue weighted by Crippen LogP contribution is -2.46. The molecule has 1 aliphatic heterocycles. The highest BCUT2D eigenvalue weighted by Gasteiger charge is 2.52. The smallest absolute Gasteiger partial charge is 0.447 e. The van der Waals surface area contributed by atoms with Gasteiger partial charge in [-0.3, -0.25) is 4.68 Å². The number of nitrogens with zero attached hydrogens (tertiary/aromatic N) is 2. The van der Waals surface area contributed by atoms with E-state index in [0.29, 0.717) is 6.54 Å². The quantitative estimate of drug-likeness (QED) is 0.675. The van der Waals surface area contributed by atoms with Crippen LogP contribution in [-0.4, -0.2) is 55.2 Å². The second-order valence-electron chi connectivity index (χ2n) is 10.2. The van der Waals surface area contributed by atoms with Crippen molar-refractivity contribution in [3.63, 3.8) is 0 Å². The van der Waals surface area contributed by atoms with E-state index in [1.165, 1.54) is 0 Å². The highest BCUT2D eigenvalue weighted by Crippen LogP contribution is 2.38. The number of primary amides is 1. The van der Waals surface area contributed by atoms with Crippen LogP contribution in [0.25, 0.3) is 0 Å². The second kappa shape index (κ2) is 8.05. The summed E-state index contributed by atoms with van der Waals surface area (Å²) in [5.41, 5.74) is 5.17.